The first-order valence-corrected chi connectivity index (χ1v) is 25.2. The molecule has 0 aliphatic carbocycles. The third-order valence-electron chi connectivity index (χ3n) is 12.3. The highest BCUT2D eigenvalue weighted by molar-refractivity contribution is 7.93. The largest absolute Gasteiger partial charge is 0.399 e. The van der Waals surface area contributed by atoms with Crippen LogP contribution < -0.4 is 14.3 Å². The van der Waals surface area contributed by atoms with Crippen LogP contribution in [0.25, 0.3) is 22.1 Å². The molecule has 0 amide bonds. The molecule has 0 atom stereocenters. The standard InChI is InChI=1S/C24H30N4O5S.C24H32N4O3S/c1-24(2,3)23-25-21-15-19(7-10-22(21)27(23)16-17-11-13-33-14-12-17)26(4)34(31,32)20-8-5-18(6-9-20)28(29)30;1-24(2,3)23-26-21-15-19(27(4)32(29,30)20-8-5-18(25)6-9-20)7-10-22(21)28(23)16-17-11-13-31-14-12-17/h5-10,15,17H,11-14,16H2,1-4H3;5-10,15,17H,11-14,16,25H2,1-4H3. The van der Waals surface area contributed by atoms with Crippen LogP contribution in [0.2, 0.25) is 0 Å². The molecule has 8 rings (SSSR count). The minimum Gasteiger partial charge on any atom is -0.399 e. The molecule has 354 valence electrons. The molecule has 66 heavy (non-hydrogen) atoms. The molecule has 0 spiro atoms. The number of anilines is 3. The molecule has 4 heterocycles. The molecule has 2 aromatic heterocycles. The first kappa shape index (κ1) is 48.4. The smallest absolute Gasteiger partial charge is 0.269 e. The first-order chi connectivity index (χ1) is 31.0. The average Bonchev–Trinajstić information content (AvgIpc) is 3.85. The Kier molecular flexibility index (Phi) is 13.9. The van der Waals surface area contributed by atoms with Crippen molar-refractivity contribution in [1.82, 2.24) is 19.1 Å². The number of sulfonamides is 2. The molecular formula is C48H62N8O8S2. The van der Waals surface area contributed by atoms with Gasteiger partial charge in [-0.15, -0.1) is 0 Å². The lowest BCUT2D eigenvalue weighted by atomic mass is 9.94. The maximum Gasteiger partial charge on any atom is 0.269 e. The lowest BCUT2D eigenvalue weighted by molar-refractivity contribution is -0.384. The number of nitrogens with zero attached hydrogens (tertiary/aromatic N) is 7. The van der Waals surface area contributed by atoms with Gasteiger partial charge >= 0.3 is 0 Å². The third-order valence-corrected chi connectivity index (χ3v) is 15.9. The minimum absolute atomic E-state index is 0.0128. The van der Waals surface area contributed by atoms with Crippen LogP contribution in [0, 0.1) is 22.0 Å². The van der Waals surface area contributed by atoms with E-state index < -0.39 is 25.0 Å². The van der Waals surface area contributed by atoms with Gasteiger partial charge in [-0.1, -0.05) is 41.5 Å². The number of hydrogen-bond donors (Lipinski definition) is 1. The van der Waals surface area contributed by atoms with Gasteiger partial charge in [0.2, 0.25) is 0 Å². The van der Waals surface area contributed by atoms with Crippen LogP contribution in [-0.4, -0.2) is 81.4 Å². The van der Waals surface area contributed by atoms with Crippen LogP contribution in [-0.2, 0) is 53.4 Å². The van der Waals surface area contributed by atoms with E-state index in [1.165, 1.54) is 52.1 Å². The van der Waals surface area contributed by atoms with Crippen LogP contribution >= 0.6 is 0 Å². The predicted molar refractivity (Wildman–Crippen MR) is 259 cm³/mol. The summed E-state index contributed by atoms with van der Waals surface area (Å²) in [7, 11) is -4.56. The van der Waals surface area contributed by atoms with Crippen LogP contribution in [0.4, 0.5) is 22.7 Å². The Bertz CT molecular complexity index is 2910. The molecule has 2 N–H and O–H groups in total. The Morgan fingerprint density at radius 2 is 1.00 bits per heavy atom. The molecule has 0 bridgehead atoms. The molecule has 2 fully saturated rings. The van der Waals surface area contributed by atoms with Gasteiger partial charge in [-0.2, -0.15) is 0 Å². The number of nitro benzene ring substituents is 1. The highest BCUT2D eigenvalue weighted by Gasteiger charge is 2.29. The number of imidazole rings is 2. The number of non-ortho nitro benzene ring substituents is 1. The molecule has 0 radical (unpaired) electrons. The Balaban J connectivity index is 0.000000197. The van der Waals surface area contributed by atoms with E-state index in [1.807, 2.05) is 24.3 Å². The fraction of sp³-hybridized carbons (Fsp3) is 0.458. The van der Waals surface area contributed by atoms with Crippen molar-refractivity contribution in [2.75, 3.05) is 54.9 Å². The second kappa shape index (κ2) is 19.0. The normalized spacial score (nSPS) is 15.7. The molecule has 4 aromatic carbocycles. The van der Waals surface area contributed by atoms with Gasteiger partial charge in [0, 0.05) is 82.3 Å². The SMILES string of the molecule is CN(c1ccc2c(c1)nc(C(C)(C)C)n2CC1CCOCC1)S(=O)(=O)c1ccc(N)cc1.CN(c1ccc2c(c1)nc(C(C)(C)C)n2CC1CCOCC1)S(=O)(=O)c1ccc([N+](=O)[O-])cc1. The summed E-state index contributed by atoms with van der Waals surface area (Å²) in [5, 5.41) is 10.9. The summed E-state index contributed by atoms with van der Waals surface area (Å²) in [6.45, 7) is 17.8. The van der Waals surface area contributed by atoms with Crippen LogP contribution in [0.15, 0.2) is 94.7 Å². The fourth-order valence-electron chi connectivity index (χ4n) is 8.49. The quantitative estimate of drug-likeness (QED) is 0.0741. The number of ether oxygens (including phenoxy) is 2. The zero-order valence-corrected chi connectivity index (χ0v) is 40.7. The van der Waals surface area contributed by atoms with Gasteiger partial charge in [-0.3, -0.25) is 18.7 Å². The lowest BCUT2D eigenvalue weighted by Gasteiger charge is -2.26. The summed E-state index contributed by atoms with van der Waals surface area (Å²) in [5.74, 6) is 3.04. The summed E-state index contributed by atoms with van der Waals surface area (Å²) in [6, 6.07) is 22.3. The molecular weight excluding hydrogens is 881 g/mol. The summed E-state index contributed by atoms with van der Waals surface area (Å²) in [6.07, 6.45) is 4.11. The van der Waals surface area contributed by atoms with Crippen molar-refractivity contribution < 1.29 is 31.2 Å². The van der Waals surface area contributed by atoms with E-state index in [9.17, 15) is 26.9 Å². The van der Waals surface area contributed by atoms with E-state index in [0.717, 1.165) is 98.9 Å². The number of aromatic nitrogens is 4. The number of nitro groups is 1. The van der Waals surface area contributed by atoms with Gasteiger partial charge in [0.25, 0.3) is 25.7 Å². The van der Waals surface area contributed by atoms with Gasteiger partial charge in [0.15, 0.2) is 0 Å². The monoisotopic (exact) mass is 942 g/mol. The first-order valence-electron chi connectivity index (χ1n) is 22.3. The Morgan fingerprint density at radius 1 is 0.636 bits per heavy atom. The summed E-state index contributed by atoms with van der Waals surface area (Å²) in [4.78, 5) is 20.4. The van der Waals surface area contributed by atoms with E-state index in [0.29, 0.717) is 28.9 Å². The van der Waals surface area contributed by atoms with Gasteiger partial charge in [-0.05, 0) is 110 Å². The van der Waals surface area contributed by atoms with Crippen molar-refractivity contribution in [2.24, 2.45) is 11.8 Å². The average molecular weight is 943 g/mol. The molecule has 2 saturated heterocycles. The highest BCUT2D eigenvalue weighted by atomic mass is 32.2. The Hall–Kier alpha value is -5.56. The highest BCUT2D eigenvalue weighted by Crippen LogP contribution is 2.35. The summed E-state index contributed by atoms with van der Waals surface area (Å²) >= 11 is 0. The van der Waals surface area contributed by atoms with Gasteiger partial charge < -0.3 is 24.3 Å². The van der Waals surface area contributed by atoms with E-state index in [2.05, 4.69) is 50.7 Å². The van der Waals surface area contributed by atoms with Crippen molar-refractivity contribution in [3.8, 4) is 0 Å². The second-order valence-electron chi connectivity index (χ2n) is 19.3. The van der Waals surface area contributed by atoms with Crippen molar-refractivity contribution in [3.63, 3.8) is 0 Å². The molecule has 16 nitrogen and oxygen atoms in total. The number of fused-ring (bicyclic) bond motifs is 2. The maximum absolute atomic E-state index is 13.2. The molecule has 6 aromatic rings. The number of nitrogens with two attached hydrogens (primary N) is 1. The van der Waals surface area contributed by atoms with E-state index in [1.54, 1.807) is 31.3 Å². The van der Waals surface area contributed by atoms with Crippen molar-refractivity contribution >= 4 is 64.9 Å². The van der Waals surface area contributed by atoms with Crippen LogP contribution in [0.1, 0.15) is 78.9 Å². The molecule has 0 unspecified atom stereocenters. The number of rotatable bonds is 11. The molecule has 0 saturated carbocycles. The van der Waals surface area contributed by atoms with Gasteiger partial charge in [-0.25, -0.2) is 26.8 Å². The topological polar surface area (TPSA) is 198 Å². The zero-order valence-electron chi connectivity index (χ0n) is 39.1. The molecule has 2 aliphatic rings. The van der Waals surface area contributed by atoms with Crippen molar-refractivity contribution in [1.29, 1.82) is 0 Å². The van der Waals surface area contributed by atoms with E-state index >= 15 is 0 Å². The third kappa shape index (κ3) is 10.4. The van der Waals surface area contributed by atoms with E-state index in [-0.39, 0.29) is 26.3 Å². The maximum atomic E-state index is 13.2. The molecule has 2 aliphatic heterocycles. The number of benzene rings is 4. The fourth-order valence-corrected chi connectivity index (χ4v) is 10.9. The van der Waals surface area contributed by atoms with Crippen molar-refractivity contribution in [3.05, 3.63) is 107 Å². The van der Waals surface area contributed by atoms with Gasteiger partial charge in [0.05, 0.1) is 48.2 Å². The second-order valence-corrected chi connectivity index (χ2v) is 23.3. The number of hydrogen-bond acceptors (Lipinski definition) is 11. The summed E-state index contributed by atoms with van der Waals surface area (Å²) < 4.78 is 70.7. The predicted octanol–water partition coefficient (Wildman–Crippen LogP) is 8.66. The Labute approximate surface area is 388 Å². The van der Waals surface area contributed by atoms with Crippen molar-refractivity contribution in [2.45, 2.75) is 101 Å². The van der Waals surface area contributed by atoms with Crippen LogP contribution in [0.5, 0.6) is 0 Å². The minimum atomic E-state index is -3.90. The Morgan fingerprint density at radius 3 is 1.35 bits per heavy atom. The van der Waals surface area contributed by atoms with Gasteiger partial charge in [0.1, 0.15) is 11.6 Å². The summed E-state index contributed by atoms with van der Waals surface area (Å²) in [5.41, 5.74) is 10.4. The van der Waals surface area contributed by atoms with E-state index in [4.69, 9.17) is 25.2 Å². The lowest BCUT2D eigenvalue weighted by Crippen LogP contribution is -2.26. The van der Waals surface area contributed by atoms with Crippen LogP contribution in [0.3, 0.4) is 0 Å². The molecule has 18 heteroatoms. The number of nitrogen functional groups attached to an aromatic ring is 1. The zero-order chi connectivity index (χ0) is 47.8.